The highest BCUT2D eigenvalue weighted by Crippen LogP contribution is 2.32. The van der Waals surface area contributed by atoms with Crippen LogP contribution >= 0.6 is 23.2 Å². The molecule has 0 aromatic heterocycles. The van der Waals surface area contributed by atoms with Crippen LogP contribution < -0.4 is 9.62 Å². The van der Waals surface area contributed by atoms with E-state index in [9.17, 15) is 22.0 Å². The van der Waals surface area contributed by atoms with Crippen LogP contribution in [0.1, 0.15) is 6.92 Å². The number of benzene rings is 2. The Kier molecular flexibility index (Phi) is 6.10. The smallest absolute Gasteiger partial charge is 0.248 e. The van der Waals surface area contributed by atoms with Crippen LogP contribution in [-0.2, 0) is 14.8 Å². The zero-order chi connectivity index (χ0) is 19.6. The number of carbonyl (C=O) groups excluding carboxylic acids is 1. The summed E-state index contributed by atoms with van der Waals surface area (Å²) in [5, 5.41) is 2.51. The highest BCUT2D eigenvalue weighted by Gasteiger charge is 2.31. The van der Waals surface area contributed by atoms with E-state index in [-0.39, 0.29) is 21.4 Å². The fraction of sp³-hybridized carbons (Fsp3) is 0.188. The summed E-state index contributed by atoms with van der Waals surface area (Å²) in [6.45, 7) is 1.30. The van der Waals surface area contributed by atoms with Gasteiger partial charge in [-0.25, -0.2) is 17.2 Å². The van der Waals surface area contributed by atoms with Crippen molar-refractivity contribution in [3.8, 4) is 0 Å². The van der Waals surface area contributed by atoms with Gasteiger partial charge in [0.2, 0.25) is 15.9 Å². The van der Waals surface area contributed by atoms with Crippen molar-refractivity contribution in [3.05, 3.63) is 58.1 Å². The number of amides is 1. The molecule has 1 amide bonds. The molecule has 1 atom stereocenters. The molecule has 1 N–H and O–H groups in total. The van der Waals surface area contributed by atoms with Crippen molar-refractivity contribution in [2.24, 2.45) is 0 Å². The van der Waals surface area contributed by atoms with E-state index < -0.39 is 33.6 Å². The van der Waals surface area contributed by atoms with Crippen LogP contribution in [0.4, 0.5) is 20.2 Å². The van der Waals surface area contributed by atoms with Crippen LogP contribution in [0, 0.1) is 11.6 Å². The molecule has 5 nitrogen and oxygen atoms in total. The lowest BCUT2D eigenvalue weighted by molar-refractivity contribution is -0.116. The number of sulfonamides is 1. The minimum atomic E-state index is -3.93. The summed E-state index contributed by atoms with van der Waals surface area (Å²) >= 11 is 11.9. The SMILES string of the molecule is CC(C(=O)Nc1ccc(F)cc1F)N(c1cc(Cl)ccc1Cl)S(C)(=O)=O. The molecular formula is C16H14Cl2F2N2O3S. The molecule has 1 unspecified atom stereocenters. The number of carbonyl (C=O) groups is 1. The maximum atomic E-state index is 13.7. The third-order valence-electron chi connectivity index (χ3n) is 3.42. The summed E-state index contributed by atoms with van der Waals surface area (Å²) in [5.41, 5.74) is -0.280. The van der Waals surface area contributed by atoms with Crippen molar-refractivity contribution >= 4 is 50.5 Å². The predicted molar refractivity (Wildman–Crippen MR) is 98.2 cm³/mol. The Hall–Kier alpha value is -1.90. The number of hydrogen-bond donors (Lipinski definition) is 1. The molecule has 0 spiro atoms. The summed E-state index contributed by atoms with van der Waals surface area (Å²) in [5.74, 6) is -2.63. The zero-order valence-electron chi connectivity index (χ0n) is 13.6. The summed E-state index contributed by atoms with van der Waals surface area (Å²) in [4.78, 5) is 12.5. The molecule has 0 saturated carbocycles. The minimum absolute atomic E-state index is 0.00361. The minimum Gasteiger partial charge on any atom is -0.322 e. The van der Waals surface area contributed by atoms with Crippen molar-refractivity contribution in [3.63, 3.8) is 0 Å². The molecule has 2 aromatic rings. The Morgan fingerprint density at radius 2 is 1.81 bits per heavy atom. The lowest BCUT2D eigenvalue weighted by Crippen LogP contribution is -2.45. The number of rotatable bonds is 5. The maximum absolute atomic E-state index is 13.7. The van der Waals surface area contributed by atoms with E-state index in [4.69, 9.17) is 23.2 Å². The van der Waals surface area contributed by atoms with Gasteiger partial charge in [-0.2, -0.15) is 0 Å². The first-order valence-corrected chi connectivity index (χ1v) is 9.81. The molecule has 0 aliphatic heterocycles. The topological polar surface area (TPSA) is 66.5 Å². The molecule has 2 rings (SSSR count). The Balaban J connectivity index is 2.39. The van der Waals surface area contributed by atoms with Crippen molar-refractivity contribution in [2.75, 3.05) is 15.9 Å². The molecule has 0 fully saturated rings. The lowest BCUT2D eigenvalue weighted by Gasteiger charge is -2.29. The van der Waals surface area contributed by atoms with Crippen LogP contribution in [0.3, 0.4) is 0 Å². The highest BCUT2D eigenvalue weighted by atomic mass is 35.5. The van der Waals surface area contributed by atoms with Crippen LogP contribution in [0.15, 0.2) is 36.4 Å². The Bertz CT molecular complexity index is 955. The second-order valence-corrected chi connectivity index (χ2v) is 8.15. The maximum Gasteiger partial charge on any atom is 0.248 e. The third kappa shape index (κ3) is 4.63. The van der Waals surface area contributed by atoms with Gasteiger partial charge in [0.05, 0.1) is 22.7 Å². The lowest BCUT2D eigenvalue weighted by atomic mass is 10.2. The van der Waals surface area contributed by atoms with E-state index >= 15 is 0 Å². The molecule has 26 heavy (non-hydrogen) atoms. The summed E-state index contributed by atoms with van der Waals surface area (Å²) in [7, 11) is -3.93. The van der Waals surface area contributed by atoms with E-state index in [0.29, 0.717) is 6.07 Å². The van der Waals surface area contributed by atoms with Crippen LogP contribution in [0.2, 0.25) is 10.0 Å². The average molecular weight is 423 g/mol. The molecule has 0 radical (unpaired) electrons. The molecule has 140 valence electrons. The molecule has 2 aromatic carbocycles. The number of hydrogen-bond acceptors (Lipinski definition) is 3. The van der Waals surface area contributed by atoms with Gasteiger partial charge >= 0.3 is 0 Å². The number of nitrogens with zero attached hydrogens (tertiary/aromatic N) is 1. The first-order valence-electron chi connectivity index (χ1n) is 7.21. The van der Waals surface area contributed by atoms with Crippen LogP contribution in [0.25, 0.3) is 0 Å². The normalized spacial score (nSPS) is 12.5. The predicted octanol–water partition coefficient (Wildman–Crippen LogP) is 4.06. The van der Waals surface area contributed by atoms with Crippen molar-refractivity contribution in [1.29, 1.82) is 0 Å². The quantitative estimate of drug-likeness (QED) is 0.789. The van der Waals surface area contributed by atoms with Gasteiger partial charge in [-0.05, 0) is 37.3 Å². The number of anilines is 2. The number of nitrogens with one attached hydrogen (secondary N) is 1. The van der Waals surface area contributed by atoms with Gasteiger partial charge in [-0.1, -0.05) is 23.2 Å². The highest BCUT2D eigenvalue weighted by molar-refractivity contribution is 7.92. The molecule has 0 heterocycles. The van der Waals surface area contributed by atoms with Crippen LogP contribution in [-0.4, -0.2) is 26.6 Å². The first-order chi connectivity index (χ1) is 12.0. The van der Waals surface area contributed by atoms with E-state index in [0.717, 1.165) is 22.7 Å². The van der Waals surface area contributed by atoms with E-state index in [1.807, 2.05) is 0 Å². The molecule has 10 heteroatoms. The van der Waals surface area contributed by atoms with Crippen LogP contribution in [0.5, 0.6) is 0 Å². The van der Waals surface area contributed by atoms with Gasteiger partial charge in [-0.15, -0.1) is 0 Å². The van der Waals surface area contributed by atoms with Gasteiger partial charge in [0, 0.05) is 11.1 Å². The second-order valence-electron chi connectivity index (χ2n) is 5.44. The van der Waals surface area contributed by atoms with Crippen molar-refractivity contribution in [2.45, 2.75) is 13.0 Å². The third-order valence-corrected chi connectivity index (χ3v) is 5.21. The van der Waals surface area contributed by atoms with Gasteiger partial charge in [0.25, 0.3) is 0 Å². The zero-order valence-corrected chi connectivity index (χ0v) is 16.0. The van der Waals surface area contributed by atoms with Gasteiger partial charge in [0.1, 0.15) is 17.7 Å². The van der Waals surface area contributed by atoms with Crippen molar-refractivity contribution < 1.29 is 22.0 Å². The molecule has 0 aliphatic carbocycles. The summed E-state index contributed by atoms with van der Waals surface area (Å²) < 4.78 is 51.9. The van der Waals surface area contributed by atoms with Gasteiger partial charge < -0.3 is 5.32 Å². The molecule has 0 aliphatic rings. The van der Waals surface area contributed by atoms with Crippen molar-refractivity contribution in [1.82, 2.24) is 0 Å². The van der Waals surface area contributed by atoms with Gasteiger partial charge in [0.15, 0.2) is 0 Å². The summed E-state index contributed by atoms with van der Waals surface area (Å²) in [6.07, 6.45) is 0.895. The first kappa shape index (κ1) is 20.4. The average Bonchev–Trinajstić information content (AvgIpc) is 2.52. The number of halogens is 4. The Morgan fingerprint density at radius 3 is 2.38 bits per heavy atom. The molecule has 0 bridgehead atoms. The molecule has 0 saturated heterocycles. The van der Waals surface area contributed by atoms with E-state index in [1.54, 1.807) is 0 Å². The second kappa shape index (κ2) is 7.77. The Labute approximate surface area is 159 Å². The Morgan fingerprint density at radius 1 is 1.15 bits per heavy atom. The summed E-state index contributed by atoms with van der Waals surface area (Å²) in [6, 6.07) is 5.47. The van der Waals surface area contributed by atoms with E-state index in [2.05, 4.69) is 5.32 Å². The largest absolute Gasteiger partial charge is 0.322 e. The fourth-order valence-electron chi connectivity index (χ4n) is 2.26. The van der Waals surface area contributed by atoms with Gasteiger partial charge in [-0.3, -0.25) is 9.10 Å². The standard InChI is InChI=1S/C16H14Cl2F2N2O3S/c1-9(16(23)21-14-6-4-11(19)8-13(14)20)22(26(2,24)25)15-7-10(17)3-5-12(15)18/h3-9H,1-2H3,(H,21,23). The van der Waals surface area contributed by atoms with E-state index in [1.165, 1.54) is 25.1 Å². The monoisotopic (exact) mass is 422 g/mol. The molecular weight excluding hydrogens is 409 g/mol. The fourth-order valence-corrected chi connectivity index (χ4v) is 3.87.